The van der Waals surface area contributed by atoms with Gasteiger partial charge in [-0.25, -0.2) is 4.39 Å². The number of hydrazine groups is 1. The second-order valence-corrected chi connectivity index (χ2v) is 9.50. The van der Waals surface area contributed by atoms with Crippen LogP contribution in [0.2, 0.25) is 15.1 Å². The summed E-state index contributed by atoms with van der Waals surface area (Å²) in [6, 6.07) is 4.99. The number of carbonyl (C=O) groups is 2. The number of hydrogen-bond donors (Lipinski definition) is 2. The Morgan fingerprint density at radius 1 is 0.972 bits per heavy atom. The van der Waals surface area contributed by atoms with E-state index in [9.17, 15) is 40.3 Å². The molecule has 196 valence electrons. The third-order valence-corrected chi connectivity index (χ3v) is 6.56. The molecule has 0 aliphatic rings. The first kappa shape index (κ1) is 30.5. The quantitative estimate of drug-likeness (QED) is 0.140. The van der Waals surface area contributed by atoms with Crippen LogP contribution in [0.4, 0.5) is 30.7 Å². The van der Waals surface area contributed by atoms with E-state index in [1.165, 1.54) is 0 Å². The third kappa shape index (κ3) is 8.67. The fraction of sp³-hybridized carbons (Fsp3) is 0.238. The van der Waals surface area contributed by atoms with Crippen molar-refractivity contribution < 1.29 is 40.3 Å². The van der Waals surface area contributed by atoms with Crippen LogP contribution in [0.25, 0.3) is 5.83 Å². The summed E-state index contributed by atoms with van der Waals surface area (Å²) in [6.45, 7) is 0. The molecule has 2 N–H and O–H groups in total. The zero-order valence-corrected chi connectivity index (χ0v) is 21.9. The average Bonchev–Trinajstić information content (AvgIpc) is 2.76. The molecule has 0 aliphatic heterocycles. The van der Waals surface area contributed by atoms with Crippen molar-refractivity contribution in [2.75, 3.05) is 0 Å². The molecular formula is C21H13Cl3F7IN2O2. The maximum atomic E-state index is 14.8. The van der Waals surface area contributed by atoms with Gasteiger partial charge in [0.1, 0.15) is 11.7 Å². The smallest absolute Gasteiger partial charge is 0.273 e. The number of nitrogens with one attached hydrogen (secondary N) is 2. The number of amides is 2. The van der Waals surface area contributed by atoms with Crippen LogP contribution in [-0.2, 0) is 4.79 Å². The molecule has 2 rings (SSSR count). The third-order valence-electron chi connectivity index (χ3n) is 4.47. The first-order valence-electron chi connectivity index (χ1n) is 9.54. The molecule has 2 amide bonds. The van der Waals surface area contributed by atoms with Crippen molar-refractivity contribution in [1.82, 2.24) is 10.9 Å². The molecule has 0 radical (unpaired) electrons. The Kier molecular flexibility index (Phi) is 10.3. The summed E-state index contributed by atoms with van der Waals surface area (Å²) >= 11 is 19.0. The van der Waals surface area contributed by atoms with Gasteiger partial charge in [0, 0.05) is 15.6 Å². The van der Waals surface area contributed by atoms with Gasteiger partial charge in [-0.05, 0) is 58.5 Å². The molecule has 0 saturated carbocycles. The first-order valence-corrected chi connectivity index (χ1v) is 11.7. The summed E-state index contributed by atoms with van der Waals surface area (Å²) in [5, 5.41) is -0.664. The molecule has 0 aliphatic carbocycles. The van der Waals surface area contributed by atoms with Gasteiger partial charge in [0.05, 0.1) is 27.1 Å². The lowest BCUT2D eigenvalue weighted by Gasteiger charge is -2.19. The zero-order chi connectivity index (χ0) is 27.4. The van der Waals surface area contributed by atoms with E-state index in [4.69, 9.17) is 34.8 Å². The van der Waals surface area contributed by atoms with E-state index in [0.717, 1.165) is 30.3 Å². The Bertz CT molecular complexity index is 1160. The predicted octanol–water partition coefficient (Wildman–Crippen LogP) is 8.01. The number of alkyl halides is 6. The second-order valence-electron chi connectivity index (χ2n) is 7.14. The molecule has 1 unspecified atom stereocenters. The molecule has 2 aromatic carbocycles. The van der Waals surface area contributed by atoms with Crippen LogP contribution in [0.5, 0.6) is 0 Å². The Labute approximate surface area is 228 Å². The van der Waals surface area contributed by atoms with Crippen molar-refractivity contribution in [2.45, 2.75) is 31.1 Å². The van der Waals surface area contributed by atoms with Crippen LogP contribution < -0.4 is 10.9 Å². The molecule has 2 aromatic rings. The van der Waals surface area contributed by atoms with E-state index in [1.54, 1.807) is 22.6 Å². The monoisotopic (exact) mass is 690 g/mol. The van der Waals surface area contributed by atoms with Crippen molar-refractivity contribution in [1.29, 1.82) is 0 Å². The van der Waals surface area contributed by atoms with Gasteiger partial charge in [-0.15, -0.1) is 0 Å². The standard InChI is InChI=1S/C21H13Cl3F7IN2O2/c22-13-5-10(6-14(23)18(13)24)12(21(29,30)31)8-15(25)9-1-2-11(16(32)7-9)19(36)34-33-17(35)3-4-20(26,27)28/h1-2,5-8,12H,3-4H2,(H,33,35)(H,34,36). The summed E-state index contributed by atoms with van der Waals surface area (Å²) in [5.74, 6) is -5.74. The van der Waals surface area contributed by atoms with Gasteiger partial charge in [0.2, 0.25) is 5.91 Å². The van der Waals surface area contributed by atoms with E-state index in [1.807, 2.05) is 10.9 Å². The fourth-order valence-corrected chi connectivity index (χ4v) is 4.11. The largest absolute Gasteiger partial charge is 0.399 e. The lowest BCUT2D eigenvalue weighted by atomic mass is 9.96. The summed E-state index contributed by atoms with van der Waals surface area (Å²) in [5.41, 5.74) is 2.84. The van der Waals surface area contributed by atoms with Crippen LogP contribution in [0.1, 0.15) is 40.2 Å². The predicted molar refractivity (Wildman–Crippen MR) is 129 cm³/mol. The van der Waals surface area contributed by atoms with Crippen molar-refractivity contribution in [3.8, 4) is 0 Å². The minimum Gasteiger partial charge on any atom is -0.273 e. The average molecular weight is 692 g/mol. The lowest BCUT2D eigenvalue weighted by Crippen LogP contribution is -2.42. The summed E-state index contributed by atoms with van der Waals surface area (Å²) in [4.78, 5) is 23.6. The van der Waals surface area contributed by atoms with Gasteiger partial charge in [0.15, 0.2) is 0 Å². The highest BCUT2D eigenvalue weighted by atomic mass is 127. The molecule has 0 bridgehead atoms. The number of benzene rings is 2. The first-order chi connectivity index (χ1) is 16.5. The van der Waals surface area contributed by atoms with Gasteiger partial charge >= 0.3 is 12.4 Å². The van der Waals surface area contributed by atoms with E-state index < -0.39 is 54.3 Å². The van der Waals surface area contributed by atoms with Crippen LogP contribution in [0, 0.1) is 3.57 Å². The normalized spacial score (nSPS) is 13.4. The zero-order valence-electron chi connectivity index (χ0n) is 17.4. The molecule has 0 aromatic heterocycles. The SMILES string of the molecule is O=C(CCC(F)(F)F)NNC(=O)c1ccc(C(F)=CC(c2cc(Cl)c(Cl)c(Cl)c2)C(F)(F)F)cc1I. The van der Waals surface area contributed by atoms with Crippen LogP contribution in [0.15, 0.2) is 36.4 Å². The molecule has 36 heavy (non-hydrogen) atoms. The van der Waals surface area contributed by atoms with Crippen molar-refractivity contribution >= 4 is 75.0 Å². The second kappa shape index (κ2) is 12.2. The number of rotatable bonds is 6. The molecule has 4 nitrogen and oxygen atoms in total. The molecule has 1 atom stereocenters. The van der Waals surface area contributed by atoms with Gasteiger partial charge < -0.3 is 0 Å². The Balaban J connectivity index is 2.23. The maximum Gasteiger partial charge on any atom is 0.399 e. The highest BCUT2D eigenvalue weighted by Gasteiger charge is 2.40. The van der Waals surface area contributed by atoms with E-state index >= 15 is 0 Å². The molecule has 15 heteroatoms. The minimum atomic E-state index is -4.92. The van der Waals surface area contributed by atoms with Crippen LogP contribution in [-0.4, -0.2) is 24.2 Å². The summed E-state index contributed by atoms with van der Waals surface area (Å²) < 4.78 is 92.4. The molecule has 0 fully saturated rings. The number of carbonyl (C=O) groups excluding carboxylic acids is 2. The van der Waals surface area contributed by atoms with Gasteiger partial charge in [0.25, 0.3) is 5.91 Å². The Morgan fingerprint density at radius 3 is 2.06 bits per heavy atom. The molecule has 0 spiro atoms. The fourth-order valence-electron chi connectivity index (χ4n) is 2.74. The van der Waals surface area contributed by atoms with Gasteiger partial charge in [-0.1, -0.05) is 40.9 Å². The number of allylic oxidation sites excluding steroid dienone is 1. The van der Waals surface area contributed by atoms with Crippen molar-refractivity contribution in [3.05, 3.63) is 71.7 Å². The Hall–Kier alpha value is -1.77. The van der Waals surface area contributed by atoms with Crippen LogP contribution >= 0.6 is 57.4 Å². The molecule has 0 heterocycles. The maximum absolute atomic E-state index is 14.8. The minimum absolute atomic E-state index is 0.0804. The summed E-state index contributed by atoms with van der Waals surface area (Å²) in [6.07, 6.45) is -11.5. The van der Waals surface area contributed by atoms with Gasteiger partial charge in [-0.2, -0.15) is 26.3 Å². The van der Waals surface area contributed by atoms with E-state index in [-0.39, 0.29) is 29.8 Å². The summed E-state index contributed by atoms with van der Waals surface area (Å²) in [7, 11) is 0. The molecular weight excluding hydrogens is 678 g/mol. The van der Waals surface area contributed by atoms with Crippen molar-refractivity contribution in [2.24, 2.45) is 0 Å². The molecule has 0 saturated heterocycles. The van der Waals surface area contributed by atoms with Crippen molar-refractivity contribution in [3.63, 3.8) is 0 Å². The highest BCUT2D eigenvalue weighted by Crippen LogP contribution is 2.42. The van der Waals surface area contributed by atoms with Crippen LogP contribution in [0.3, 0.4) is 0 Å². The number of hydrogen-bond acceptors (Lipinski definition) is 2. The van der Waals surface area contributed by atoms with Gasteiger partial charge in [-0.3, -0.25) is 20.4 Å². The lowest BCUT2D eigenvalue weighted by molar-refractivity contribution is -0.144. The topological polar surface area (TPSA) is 58.2 Å². The Morgan fingerprint density at radius 2 is 1.56 bits per heavy atom. The number of halogens is 11. The van der Waals surface area contributed by atoms with E-state index in [0.29, 0.717) is 6.08 Å². The highest BCUT2D eigenvalue weighted by molar-refractivity contribution is 14.1. The van der Waals surface area contributed by atoms with E-state index in [2.05, 4.69) is 0 Å².